The number of carbonyl (C=O) groups is 2. The summed E-state index contributed by atoms with van der Waals surface area (Å²) < 4.78 is 0. The lowest BCUT2D eigenvalue weighted by atomic mass is 10.0. The second kappa shape index (κ2) is 4.35. The van der Waals surface area contributed by atoms with Crippen LogP contribution in [0.5, 0.6) is 0 Å². The summed E-state index contributed by atoms with van der Waals surface area (Å²) in [6, 6.07) is 5.50. The average Bonchev–Trinajstić information content (AvgIpc) is 2.72. The molecule has 0 bridgehead atoms. The molecule has 2 rings (SSSR count). The van der Waals surface area contributed by atoms with Crippen molar-refractivity contribution >= 4 is 17.4 Å². The van der Waals surface area contributed by atoms with E-state index in [1.807, 2.05) is 12.1 Å². The number of carboxylic acid groups (broad SMARTS) is 1. The maximum absolute atomic E-state index is 11.7. The summed E-state index contributed by atoms with van der Waals surface area (Å²) in [6.07, 6.45) is 0.894. The summed E-state index contributed by atoms with van der Waals surface area (Å²) in [5.41, 5.74) is 2.83. The second-order valence-electron chi connectivity index (χ2n) is 3.87. The second-order valence-corrected chi connectivity index (χ2v) is 3.87. The molecule has 4 heteroatoms. The first-order chi connectivity index (χ1) is 7.66. The highest BCUT2D eigenvalue weighted by atomic mass is 16.4. The van der Waals surface area contributed by atoms with Crippen LogP contribution in [-0.4, -0.2) is 23.4 Å². The molecule has 1 heterocycles. The van der Waals surface area contributed by atoms with Crippen LogP contribution in [0.3, 0.4) is 0 Å². The Labute approximate surface area is 93.3 Å². The number of hydrogen-bond donors (Lipinski definition) is 2. The maximum atomic E-state index is 11.7. The highest BCUT2D eigenvalue weighted by Gasteiger charge is 2.14. The lowest BCUT2D eigenvalue weighted by molar-refractivity contribution is -0.136. The van der Waals surface area contributed by atoms with Gasteiger partial charge in [-0.1, -0.05) is 0 Å². The Bertz CT molecular complexity index is 440. The number of Topliss-reactive ketones (excluding diaryl/α,β-unsaturated/α-hetero) is 1. The van der Waals surface area contributed by atoms with Gasteiger partial charge in [0.25, 0.3) is 0 Å². The molecule has 1 aliphatic heterocycles. The molecule has 0 atom stereocenters. The van der Waals surface area contributed by atoms with E-state index in [4.69, 9.17) is 5.11 Å². The Morgan fingerprint density at radius 3 is 2.88 bits per heavy atom. The molecule has 2 N–H and O–H groups in total. The van der Waals surface area contributed by atoms with Crippen molar-refractivity contribution < 1.29 is 14.7 Å². The van der Waals surface area contributed by atoms with Crippen LogP contribution in [0, 0.1) is 0 Å². The van der Waals surface area contributed by atoms with E-state index in [0.29, 0.717) is 5.56 Å². The highest BCUT2D eigenvalue weighted by Crippen LogP contribution is 2.23. The zero-order valence-corrected chi connectivity index (χ0v) is 8.82. The van der Waals surface area contributed by atoms with Crippen molar-refractivity contribution in [3.05, 3.63) is 29.3 Å². The lowest BCUT2D eigenvalue weighted by Crippen LogP contribution is -2.04. The number of benzene rings is 1. The SMILES string of the molecule is O=C(O)CCC(=O)c1ccc2c(c1)CCN2. The van der Waals surface area contributed by atoms with Crippen LogP contribution in [0.2, 0.25) is 0 Å². The normalized spacial score (nSPS) is 13.0. The third kappa shape index (κ3) is 2.21. The third-order valence-electron chi connectivity index (χ3n) is 2.70. The van der Waals surface area contributed by atoms with E-state index < -0.39 is 5.97 Å². The molecule has 1 aliphatic rings. The van der Waals surface area contributed by atoms with Crippen LogP contribution in [0.25, 0.3) is 0 Å². The average molecular weight is 219 g/mol. The predicted molar refractivity (Wildman–Crippen MR) is 59.8 cm³/mol. The number of hydrogen-bond acceptors (Lipinski definition) is 3. The first-order valence-electron chi connectivity index (χ1n) is 5.28. The summed E-state index contributed by atoms with van der Waals surface area (Å²) in [5, 5.41) is 11.7. The zero-order chi connectivity index (χ0) is 11.5. The van der Waals surface area contributed by atoms with Gasteiger partial charge in [0.2, 0.25) is 0 Å². The summed E-state index contributed by atoms with van der Waals surface area (Å²) in [6.45, 7) is 0.905. The van der Waals surface area contributed by atoms with Gasteiger partial charge in [-0.15, -0.1) is 0 Å². The number of carbonyl (C=O) groups excluding carboxylic acids is 1. The fourth-order valence-corrected chi connectivity index (χ4v) is 1.84. The molecule has 4 nitrogen and oxygen atoms in total. The van der Waals surface area contributed by atoms with E-state index in [1.165, 1.54) is 0 Å². The van der Waals surface area contributed by atoms with E-state index in [0.717, 1.165) is 24.2 Å². The molecule has 84 valence electrons. The Morgan fingerprint density at radius 2 is 2.12 bits per heavy atom. The Morgan fingerprint density at radius 1 is 1.31 bits per heavy atom. The van der Waals surface area contributed by atoms with Crippen LogP contribution in [0.15, 0.2) is 18.2 Å². The molecule has 0 radical (unpaired) electrons. The molecular weight excluding hydrogens is 206 g/mol. The van der Waals surface area contributed by atoms with Gasteiger partial charge < -0.3 is 10.4 Å². The van der Waals surface area contributed by atoms with Gasteiger partial charge in [0.15, 0.2) is 5.78 Å². The summed E-state index contributed by atoms with van der Waals surface area (Å²) >= 11 is 0. The summed E-state index contributed by atoms with van der Waals surface area (Å²) in [7, 11) is 0. The van der Waals surface area contributed by atoms with Crippen LogP contribution in [0.1, 0.15) is 28.8 Å². The topological polar surface area (TPSA) is 66.4 Å². The van der Waals surface area contributed by atoms with E-state index in [9.17, 15) is 9.59 Å². The fraction of sp³-hybridized carbons (Fsp3) is 0.333. The number of aliphatic carboxylic acids is 1. The van der Waals surface area contributed by atoms with Gasteiger partial charge >= 0.3 is 5.97 Å². The van der Waals surface area contributed by atoms with Gasteiger partial charge in [-0.05, 0) is 30.2 Å². The molecule has 0 spiro atoms. The van der Waals surface area contributed by atoms with Crippen molar-refractivity contribution in [3.8, 4) is 0 Å². The van der Waals surface area contributed by atoms with Crippen LogP contribution >= 0.6 is 0 Å². The zero-order valence-electron chi connectivity index (χ0n) is 8.82. The van der Waals surface area contributed by atoms with Gasteiger partial charge in [-0.25, -0.2) is 0 Å². The van der Waals surface area contributed by atoms with Gasteiger partial charge in [-0.2, -0.15) is 0 Å². The minimum absolute atomic E-state index is 0.0710. The van der Waals surface area contributed by atoms with Crippen LogP contribution < -0.4 is 5.32 Å². The predicted octanol–water partition coefficient (Wildman–Crippen LogP) is 1.70. The standard InChI is InChI=1S/C12H13NO3/c14-11(3-4-12(15)16)9-1-2-10-8(7-9)5-6-13-10/h1-2,7,13H,3-6H2,(H,15,16). The summed E-state index contributed by atoms with van der Waals surface area (Å²) in [5.74, 6) is -1.03. The number of nitrogens with one attached hydrogen (secondary N) is 1. The largest absolute Gasteiger partial charge is 0.481 e. The van der Waals surface area contributed by atoms with E-state index in [-0.39, 0.29) is 18.6 Å². The molecule has 0 saturated heterocycles. The van der Waals surface area contributed by atoms with E-state index in [2.05, 4.69) is 5.32 Å². The minimum Gasteiger partial charge on any atom is -0.481 e. The van der Waals surface area contributed by atoms with Gasteiger partial charge in [0.05, 0.1) is 6.42 Å². The quantitative estimate of drug-likeness (QED) is 0.756. The van der Waals surface area contributed by atoms with Crippen LogP contribution in [-0.2, 0) is 11.2 Å². The monoisotopic (exact) mass is 219 g/mol. The number of ketones is 1. The molecule has 0 amide bonds. The van der Waals surface area contributed by atoms with Crippen molar-refractivity contribution in [1.29, 1.82) is 0 Å². The summed E-state index contributed by atoms with van der Waals surface area (Å²) in [4.78, 5) is 22.0. The Hall–Kier alpha value is -1.84. The third-order valence-corrected chi connectivity index (χ3v) is 2.70. The molecule has 0 saturated carbocycles. The van der Waals surface area contributed by atoms with Gasteiger partial charge in [0, 0.05) is 24.2 Å². The Balaban J connectivity index is 2.09. The van der Waals surface area contributed by atoms with Crippen molar-refractivity contribution in [1.82, 2.24) is 0 Å². The van der Waals surface area contributed by atoms with Crippen LogP contribution in [0.4, 0.5) is 5.69 Å². The molecule has 1 aromatic rings. The van der Waals surface area contributed by atoms with Crippen molar-refractivity contribution in [2.75, 3.05) is 11.9 Å². The molecular formula is C12H13NO3. The maximum Gasteiger partial charge on any atom is 0.303 e. The Kier molecular flexibility index (Phi) is 2.90. The fourth-order valence-electron chi connectivity index (χ4n) is 1.84. The van der Waals surface area contributed by atoms with Crippen molar-refractivity contribution in [2.45, 2.75) is 19.3 Å². The smallest absolute Gasteiger partial charge is 0.303 e. The first kappa shape index (κ1) is 10.7. The molecule has 0 unspecified atom stereocenters. The molecule has 16 heavy (non-hydrogen) atoms. The molecule has 0 aliphatic carbocycles. The van der Waals surface area contributed by atoms with Crippen molar-refractivity contribution in [2.24, 2.45) is 0 Å². The molecule has 0 aromatic heterocycles. The number of anilines is 1. The van der Waals surface area contributed by atoms with Gasteiger partial charge in [-0.3, -0.25) is 9.59 Å². The minimum atomic E-state index is -0.934. The number of carboxylic acids is 1. The lowest BCUT2D eigenvalue weighted by Gasteiger charge is -2.03. The van der Waals surface area contributed by atoms with E-state index >= 15 is 0 Å². The number of rotatable bonds is 4. The van der Waals surface area contributed by atoms with Crippen molar-refractivity contribution in [3.63, 3.8) is 0 Å². The van der Waals surface area contributed by atoms with Gasteiger partial charge in [0.1, 0.15) is 0 Å². The van der Waals surface area contributed by atoms with E-state index in [1.54, 1.807) is 6.07 Å². The highest BCUT2D eigenvalue weighted by molar-refractivity contribution is 5.98. The molecule has 1 aromatic carbocycles. The number of fused-ring (bicyclic) bond motifs is 1. The first-order valence-corrected chi connectivity index (χ1v) is 5.28. The molecule has 0 fully saturated rings.